The molecule has 0 spiro atoms. The molecule has 0 saturated heterocycles. The van der Waals surface area contributed by atoms with E-state index < -0.39 is 23.6 Å². The zero-order valence-corrected chi connectivity index (χ0v) is 11.4. The van der Waals surface area contributed by atoms with Gasteiger partial charge in [0.05, 0.1) is 11.8 Å². The fraction of sp³-hybridized carbons (Fsp3) is 0.467. The predicted molar refractivity (Wildman–Crippen MR) is 72.9 cm³/mol. The van der Waals surface area contributed by atoms with Crippen LogP contribution in [0.2, 0.25) is 0 Å². The van der Waals surface area contributed by atoms with Crippen molar-refractivity contribution < 1.29 is 19.1 Å². The second-order valence-electron chi connectivity index (χ2n) is 5.34. The van der Waals surface area contributed by atoms with Gasteiger partial charge in [-0.3, -0.25) is 9.59 Å². The van der Waals surface area contributed by atoms with Gasteiger partial charge in [-0.1, -0.05) is 12.8 Å². The van der Waals surface area contributed by atoms with Gasteiger partial charge in [0, 0.05) is 5.69 Å². The summed E-state index contributed by atoms with van der Waals surface area (Å²) in [5.41, 5.74) is 1.08. The maximum absolute atomic E-state index is 13.3. The minimum absolute atomic E-state index is 0.331. The monoisotopic (exact) mass is 279 g/mol. The fourth-order valence-electron chi connectivity index (χ4n) is 2.78. The van der Waals surface area contributed by atoms with Crippen molar-refractivity contribution in [2.75, 3.05) is 5.32 Å². The lowest BCUT2D eigenvalue weighted by Gasteiger charge is -2.27. The number of benzene rings is 1. The van der Waals surface area contributed by atoms with Crippen molar-refractivity contribution in [3.63, 3.8) is 0 Å². The molecule has 2 atom stereocenters. The fourth-order valence-corrected chi connectivity index (χ4v) is 2.78. The van der Waals surface area contributed by atoms with Crippen LogP contribution in [0.4, 0.5) is 10.1 Å². The average molecular weight is 279 g/mol. The van der Waals surface area contributed by atoms with Crippen molar-refractivity contribution in [3.8, 4) is 0 Å². The Morgan fingerprint density at radius 1 is 1.20 bits per heavy atom. The van der Waals surface area contributed by atoms with Gasteiger partial charge in [0.1, 0.15) is 5.82 Å². The van der Waals surface area contributed by atoms with Crippen LogP contribution in [0.5, 0.6) is 0 Å². The molecule has 1 aliphatic carbocycles. The van der Waals surface area contributed by atoms with Crippen molar-refractivity contribution in [2.45, 2.75) is 32.6 Å². The van der Waals surface area contributed by atoms with E-state index in [4.69, 9.17) is 0 Å². The van der Waals surface area contributed by atoms with Gasteiger partial charge in [0.25, 0.3) is 0 Å². The molecule has 0 aliphatic heterocycles. The smallest absolute Gasteiger partial charge is 0.307 e. The number of halogens is 1. The first-order valence-corrected chi connectivity index (χ1v) is 6.78. The molecule has 0 aromatic heterocycles. The Kier molecular flexibility index (Phi) is 4.37. The zero-order chi connectivity index (χ0) is 14.7. The Morgan fingerprint density at radius 2 is 1.85 bits per heavy atom. The largest absolute Gasteiger partial charge is 0.481 e. The van der Waals surface area contributed by atoms with Gasteiger partial charge in [0.2, 0.25) is 5.91 Å². The Balaban J connectivity index is 2.11. The molecule has 0 unspecified atom stereocenters. The standard InChI is InChI=1S/C15H18FNO3/c1-9-6-10(16)8-11(7-9)17-14(18)12-4-2-3-5-13(12)15(19)20/h6-8,12-13H,2-5H2,1H3,(H,17,18)(H,19,20)/t12-,13+/m1/s1. The number of anilines is 1. The normalized spacial score (nSPS) is 22.3. The maximum atomic E-state index is 13.3. The summed E-state index contributed by atoms with van der Waals surface area (Å²) in [5.74, 6) is -2.86. The SMILES string of the molecule is Cc1cc(F)cc(NC(=O)[C@@H]2CCCC[C@@H]2C(=O)O)c1. The summed E-state index contributed by atoms with van der Waals surface area (Å²) in [5, 5.41) is 11.8. The predicted octanol–water partition coefficient (Wildman–Crippen LogP) is 2.96. The van der Waals surface area contributed by atoms with E-state index in [-0.39, 0.29) is 5.91 Å². The van der Waals surface area contributed by atoms with Crippen molar-refractivity contribution in [1.82, 2.24) is 0 Å². The van der Waals surface area contributed by atoms with Crippen LogP contribution in [0, 0.1) is 24.6 Å². The highest BCUT2D eigenvalue weighted by atomic mass is 19.1. The number of aryl methyl sites for hydroxylation is 1. The summed E-state index contributed by atoms with van der Waals surface area (Å²) in [6.45, 7) is 1.74. The molecular formula is C15H18FNO3. The lowest BCUT2D eigenvalue weighted by molar-refractivity contribution is -0.147. The highest BCUT2D eigenvalue weighted by Crippen LogP contribution is 2.31. The number of rotatable bonds is 3. The van der Waals surface area contributed by atoms with E-state index in [0.717, 1.165) is 12.8 Å². The van der Waals surface area contributed by atoms with Gasteiger partial charge in [-0.25, -0.2) is 4.39 Å². The van der Waals surface area contributed by atoms with Gasteiger partial charge >= 0.3 is 5.97 Å². The zero-order valence-electron chi connectivity index (χ0n) is 11.4. The third-order valence-electron chi connectivity index (χ3n) is 3.73. The molecule has 108 valence electrons. The molecule has 4 nitrogen and oxygen atoms in total. The quantitative estimate of drug-likeness (QED) is 0.894. The van der Waals surface area contributed by atoms with E-state index in [1.165, 1.54) is 12.1 Å². The van der Waals surface area contributed by atoms with E-state index in [1.807, 2.05) is 0 Å². The van der Waals surface area contributed by atoms with Crippen molar-refractivity contribution in [3.05, 3.63) is 29.6 Å². The molecule has 20 heavy (non-hydrogen) atoms. The van der Waals surface area contributed by atoms with Crippen molar-refractivity contribution in [1.29, 1.82) is 0 Å². The summed E-state index contributed by atoms with van der Waals surface area (Å²) in [7, 11) is 0. The van der Waals surface area contributed by atoms with Crippen molar-refractivity contribution in [2.24, 2.45) is 11.8 Å². The van der Waals surface area contributed by atoms with Gasteiger partial charge in [-0.15, -0.1) is 0 Å². The number of carboxylic acids is 1. The molecule has 1 aromatic carbocycles. The number of amides is 1. The van der Waals surface area contributed by atoms with Crippen LogP contribution < -0.4 is 5.32 Å². The van der Waals surface area contributed by atoms with Gasteiger partial charge in [-0.2, -0.15) is 0 Å². The van der Waals surface area contributed by atoms with Crippen LogP contribution in [0.25, 0.3) is 0 Å². The van der Waals surface area contributed by atoms with E-state index >= 15 is 0 Å². The summed E-state index contributed by atoms with van der Waals surface area (Å²) in [6.07, 6.45) is 2.77. The lowest BCUT2D eigenvalue weighted by atomic mass is 9.78. The molecule has 2 rings (SSSR count). The third kappa shape index (κ3) is 3.35. The summed E-state index contributed by atoms with van der Waals surface area (Å²) in [6, 6.07) is 4.28. The van der Waals surface area contributed by atoms with Crippen LogP contribution in [0.15, 0.2) is 18.2 Å². The molecule has 0 heterocycles. The second-order valence-corrected chi connectivity index (χ2v) is 5.34. The van der Waals surface area contributed by atoms with E-state index in [9.17, 15) is 19.1 Å². The van der Waals surface area contributed by atoms with Gasteiger partial charge in [0.15, 0.2) is 0 Å². The number of hydrogen-bond donors (Lipinski definition) is 2. The number of carbonyl (C=O) groups excluding carboxylic acids is 1. The topological polar surface area (TPSA) is 66.4 Å². The highest BCUT2D eigenvalue weighted by molar-refractivity contribution is 5.95. The number of nitrogens with one attached hydrogen (secondary N) is 1. The molecule has 1 aromatic rings. The van der Waals surface area contributed by atoms with Crippen LogP contribution in [0.3, 0.4) is 0 Å². The number of aliphatic carboxylic acids is 1. The number of hydrogen-bond acceptors (Lipinski definition) is 2. The average Bonchev–Trinajstić information content (AvgIpc) is 2.37. The molecule has 1 amide bonds. The minimum Gasteiger partial charge on any atom is -0.481 e. The molecule has 0 radical (unpaired) electrons. The molecular weight excluding hydrogens is 261 g/mol. The minimum atomic E-state index is -0.930. The maximum Gasteiger partial charge on any atom is 0.307 e. The van der Waals surface area contributed by atoms with E-state index in [0.29, 0.717) is 24.1 Å². The van der Waals surface area contributed by atoms with E-state index in [2.05, 4.69) is 5.32 Å². The third-order valence-corrected chi connectivity index (χ3v) is 3.73. The van der Waals surface area contributed by atoms with Gasteiger partial charge < -0.3 is 10.4 Å². The number of carbonyl (C=O) groups is 2. The summed E-state index contributed by atoms with van der Waals surface area (Å²) < 4.78 is 13.3. The number of carboxylic acid groups (broad SMARTS) is 1. The van der Waals surface area contributed by atoms with Crippen LogP contribution in [-0.4, -0.2) is 17.0 Å². The molecule has 5 heteroatoms. The molecule has 0 bridgehead atoms. The van der Waals surface area contributed by atoms with Crippen LogP contribution in [-0.2, 0) is 9.59 Å². The molecule has 1 aliphatic rings. The first-order valence-electron chi connectivity index (χ1n) is 6.78. The molecule has 1 fully saturated rings. The van der Waals surface area contributed by atoms with E-state index in [1.54, 1.807) is 13.0 Å². The molecule has 2 N–H and O–H groups in total. The first-order chi connectivity index (χ1) is 9.47. The van der Waals surface area contributed by atoms with Crippen LogP contribution >= 0.6 is 0 Å². The Bertz CT molecular complexity index is 510. The highest BCUT2D eigenvalue weighted by Gasteiger charge is 2.35. The lowest BCUT2D eigenvalue weighted by Crippen LogP contribution is -2.36. The van der Waals surface area contributed by atoms with Crippen LogP contribution in [0.1, 0.15) is 31.2 Å². The first kappa shape index (κ1) is 14.5. The summed E-state index contributed by atoms with van der Waals surface area (Å²) in [4.78, 5) is 23.4. The van der Waals surface area contributed by atoms with Gasteiger partial charge in [-0.05, 0) is 43.5 Å². The summed E-state index contributed by atoms with van der Waals surface area (Å²) >= 11 is 0. The van der Waals surface area contributed by atoms with Crippen molar-refractivity contribution >= 4 is 17.6 Å². The second kappa shape index (κ2) is 6.03. The Morgan fingerprint density at radius 3 is 2.45 bits per heavy atom. The Labute approximate surface area is 117 Å². The molecule has 1 saturated carbocycles. The Hall–Kier alpha value is -1.91.